The van der Waals surface area contributed by atoms with Crippen LogP contribution < -0.4 is 11.1 Å². The highest BCUT2D eigenvalue weighted by atomic mass is 127. The van der Waals surface area contributed by atoms with Crippen molar-refractivity contribution in [1.29, 1.82) is 0 Å². The van der Waals surface area contributed by atoms with Crippen molar-refractivity contribution >= 4 is 53.1 Å². The number of halogens is 3. The zero-order valence-electron chi connectivity index (χ0n) is 10.4. The van der Waals surface area contributed by atoms with E-state index in [1.807, 2.05) is 26.0 Å². The zero-order valence-corrected chi connectivity index (χ0v) is 14.3. The third kappa shape index (κ3) is 7.28. The van der Waals surface area contributed by atoms with Crippen LogP contribution in [0.3, 0.4) is 0 Å². The summed E-state index contributed by atoms with van der Waals surface area (Å²) < 4.78 is 0. The second kappa shape index (κ2) is 8.82. The molecule has 0 heterocycles. The molecule has 0 aromatic heterocycles. The van der Waals surface area contributed by atoms with E-state index in [4.69, 9.17) is 28.9 Å². The molecule has 3 N–H and O–H groups in total. The second-order valence-electron chi connectivity index (χ2n) is 4.09. The molecule has 0 amide bonds. The van der Waals surface area contributed by atoms with Crippen molar-refractivity contribution in [3.8, 4) is 0 Å². The summed E-state index contributed by atoms with van der Waals surface area (Å²) in [5, 5.41) is 4.31. The first-order chi connectivity index (χ1) is 7.97. The van der Waals surface area contributed by atoms with Gasteiger partial charge in [0.15, 0.2) is 5.96 Å². The van der Waals surface area contributed by atoms with Crippen molar-refractivity contribution in [1.82, 2.24) is 5.32 Å². The molecule has 0 bridgehead atoms. The van der Waals surface area contributed by atoms with Crippen LogP contribution in [0.2, 0.25) is 10.0 Å². The Morgan fingerprint density at radius 1 is 1.28 bits per heavy atom. The molecule has 1 rings (SSSR count). The smallest absolute Gasteiger partial charge is 0.188 e. The van der Waals surface area contributed by atoms with Gasteiger partial charge in [0.25, 0.3) is 0 Å². The van der Waals surface area contributed by atoms with Gasteiger partial charge >= 0.3 is 0 Å². The van der Waals surface area contributed by atoms with E-state index < -0.39 is 0 Å². The summed E-state index contributed by atoms with van der Waals surface area (Å²) in [7, 11) is 0. The summed E-state index contributed by atoms with van der Waals surface area (Å²) >= 11 is 11.8. The third-order valence-corrected chi connectivity index (χ3v) is 2.48. The number of nitrogens with zero attached hydrogens (tertiary/aromatic N) is 1. The molecule has 1 aromatic rings. The van der Waals surface area contributed by atoms with Crippen molar-refractivity contribution < 1.29 is 0 Å². The number of guanidine groups is 1. The monoisotopic (exact) mass is 401 g/mol. The number of hydrogen-bond acceptors (Lipinski definition) is 1. The molecular formula is C12H18Cl2IN3. The fraction of sp³-hybridized carbons (Fsp3) is 0.417. The molecule has 0 unspecified atom stereocenters. The molecule has 0 radical (unpaired) electrons. The van der Waals surface area contributed by atoms with E-state index in [-0.39, 0.29) is 24.0 Å². The van der Waals surface area contributed by atoms with Crippen LogP contribution in [-0.4, -0.2) is 18.5 Å². The Hall–Kier alpha value is -0.200. The van der Waals surface area contributed by atoms with E-state index in [1.54, 1.807) is 6.07 Å². The summed E-state index contributed by atoms with van der Waals surface area (Å²) in [6.07, 6.45) is 0.765. The first kappa shape index (κ1) is 17.8. The minimum atomic E-state index is 0. The first-order valence-corrected chi connectivity index (χ1v) is 6.24. The molecule has 6 heteroatoms. The van der Waals surface area contributed by atoms with Gasteiger partial charge in [-0.2, -0.15) is 0 Å². The Balaban J connectivity index is 0.00000289. The van der Waals surface area contributed by atoms with Crippen LogP contribution in [0.15, 0.2) is 23.2 Å². The molecule has 0 saturated heterocycles. The normalized spacial score (nSPS) is 11.3. The van der Waals surface area contributed by atoms with E-state index >= 15 is 0 Å². The lowest BCUT2D eigenvalue weighted by Gasteiger charge is -2.08. The zero-order chi connectivity index (χ0) is 12.8. The van der Waals surface area contributed by atoms with Gasteiger partial charge in [-0.3, -0.25) is 4.99 Å². The van der Waals surface area contributed by atoms with Crippen molar-refractivity contribution in [2.75, 3.05) is 6.54 Å². The second-order valence-corrected chi connectivity index (χ2v) is 4.97. The van der Waals surface area contributed by atoms with Crippen molar-refractivity contribution in [2.24, 2.45) is 10.7 Å². The van der Waals surface area contributed by atoms with Gasteiger partial charge in [-0.25, -0.2) is 0 Å². The van der Waals surface area contributed by atoms with Crippen LogP contribution >= 0.6 is 47.2 Å². The Morgan fingerprint density at radius 2 is 1.83 bits per heavy atom. The highest BCUT2D eigenvalue weighted by molar-refractivity contribution is 14.0. The SMILES string of the molecule is CC(C)NC(N)=NCCc1cc(Cl)cc(Cl)c1.I. The van der Waals surface area contributed by atoms with Crippen molar-refractivity contribution in [3.63, 3.8) is 0 Å². The average molecular weight is 402 g/mol. The molecule has 0 aliphatic carbocycles. The van der Waals surface area contributed by atoms with E-state index in [2.05, 4.69) is 10.3 Å². The Bertz CT molecular complexity index is 388. The molecule has 0 aliphatic rings. The maximum Gasteiger partial charge on any atom is 0.188 e. The Labute approximate surface area is 135 Å². The number of nitrogens with two attached hydrogens (primary N) is 1. The van der Waals surface area contributed by atoms with Crippen molar-refractivity contribution in [2.45, 2.75) is 26.3 Å². The largest absolute Gasteiger partial charge is 0.370 e. The van der Waals surface area contributed by atoms with Crippen LogP contribution in [0.1, 0.15) is 19.4 Å². The molecule has 3 nitrogen and oxygen atoms in total. The minimum Gasteiger partial charge on any atom is -0.370 e. The summed E-state index contributed by atoms with van der Waals surface area (Å²) in [6.45, 7) is 4.64. The summed E-state index contributed by atoms with van der Waals surface area (Å²) in [6, 6.07) is 5.77. The van der Waals surface area contributed by atoms with Crippen LogP contribution in [-0.2, 0) is 6.42 Å². The fourth-order valence-corrected chi connectivity index (χ4v) is 1.97. The van der Waals surface area contributed by atoms with Crippen molar-refractivity contribution in [3.05, 3.63) is 33.8 Å². The number of aliphatic imine (C=N–C) groups is 1. The van der Waals surface area contributed by atoms with Gasteiger partial charge in [-0.15, -0.1) is 24.0 Å². The lowest BCUT2D eigenvalue weighted by Crippen LogP contribution is -2.36. The summed E-state index contributed by atoms with van der Waals surface area (Å²) in [5.74, 6) is 0.466. The number of rotatable bonds is 4. The highest BCUT2D eigenvalue weighted by Gasteiger charge is 1.99. The van der Waals surface area contributed by atoms with Crippen LogP contribution in [0, 0.1) is 0 Å². The molecule has 0 atom stereocenters. The molecule has 0 aliphatic heterocycles. The van der Waals surface area contributed by atoms with Gasteiger partial charge < -0.3 is 11.1 Å². The predicted octanol–water partition coefficient (Wildman–Crippen LogP) is 3.47. The van der Waals surface area contributed by atoms with Gasteiger partial charge in [-0.05, 0) is 44.0 Å². The molecule has 18 heavy (non-hydrogen) atoms. The first-order valence-electron chi connectivity index (χ1n) is 5.49. The maximum absolute atomic E-state index is 5.90. The highest BCUT2D eigenvalue weighted by Crippen LogP contribution is 2.19. The van der Waals surface area contributed by atoms with E-state index in [1.165, 1.54) is 0 Å². The van der Waals surface area contributed by atoms with E-state index in [9.17, 15) is 0 Å². The molecule has 102 valence electrons. The third-order valence-electron chi connectivity index (χ3n) is 2.04. The van der Waals surface area contributed by atoms with E-state index in [0.717, 1.165) is 12.0 Å². The fourth-order valence-electron chi connectivity index (χ4n) is 1.40. The lowest BCUT2D eigenvalue weighted by molar-refractivity contribution is 0.723. The molecular weight excluding hydrogens is 384 g/mol. The predicted molar refractivity (Wildman–Crippen MR) is 90.3 cm³/mol. The minimum absolute atomic E-state index is 0. The molecule has 0 spiro atoms. The lowest BCUT2D eigenvalue weighted by atomic mass is 10.1. The maximum atomic E-state index is 5.90. The topological polar surface area (TPSA) is 50.4 Å². The van der Waals surface area contributed by atoms with Gasteiger partial charge in [0.2, 0.25) is 0 Å². The molecule has 0 fully saturated rings. The quantitative estimate of drug-likeness (QED) is 0.461. The Kier molecular flexibility index (Phi) is 8.73. The Morgan fingerprint density at radius 3 is 2.33 bits per heavy atom. The van der Waals surface area contributed by atoms with E-state index in [0.29, 0.717) is 28.6 Å². The molecule has 1 aromatic carbocycles. The van der Waals surface area contributed by atoms with Crippen LogP contribution in [0.25, 0.3) is 0 Å². The summed E-state index contributed by atoms with van der Waals surface area (Å²) in [5.41, 5.74) is 6.74. The number of benzene rings is 1. The van der Waals surface area contributed by atoms with Gasteiger partial charge in [0.05, 0.1) is 0 Å². The van der Waals surface area contributed by atoms with Crippen LogP contribution in [0.4, 0.5) is 0 Å². The summed E-state index contributed by atoms with van der Waals surface area (Å²) in [4.78, 5) is 4.22. The standard InChI is InChI=1S/C12H17Cl2N3.HI/c1-8(2)17-12(15)16-4-3-9-5-10(13)7-11(14)6-9;/h5-8H,3-4H2,1-2H3,(H3,15,16,17);1H. The molecule has 0 saturated carbocycles. The average Bonchev–Trinajstić information content (AvgIpc) is 2.14. The van der Waals surface area contributed by atoms with Gasteiger partial charge in [0.1, 0.15) is 0 Å². The van der Waals surface area contributed by atoms with Gasteiger partial charge in [-0.1, -0.05) is 23.2 Å². The van der Waals surface area contributed by atoms with Gasteiger partial charge in [0, 0.05) is 22.6 Å². The van der Waals surface area contributed by atoms with Crippen LogP contribution in [0.5, 0.6) is 0 Å². The number of hydrogen-bond donors (Lipinski definition) is 2. The number of nitrogens with one attached hydrogen (secondary N) is 1.